The van der Waals surface area contributed by atoms with Gasteiger partial charge < -0.3 is 25.3 Å². The van der Waals surface area contributed by atoms with Crippen molar-refractivity contribution in [3.05, 3.63) is 41.9 Å². The van der Waals surface area contributed by atoms with Gasteiger partial charge in [0, 0.05) is 24.7 Å². The zero-order valence-corrected chi connectivity index (χ0v) is 13.3. The number of phenolic OH excluding ortho intramolecular Hbond substituents is 1. The highest BCUT2D eigenvalue weighted by molar-refractivity contribution is 6.13. The summed E-state index contributed by atoms with van der Waals surface area (Å²) >= 11 is 0. The van der Waals surface area contributed by atoms with Crippen LogP contribution >= 0.6 is 0 Å². The Bertz CT molecular complexity index is 744. The first-order valence-electron chi connectivity index (χ1n) is 7.54. The fourth-order valence-corrected chi connectivity index (χ4v) is 2.59. The van der Waals surface area contributed by atoms with E-state index in [4.69, 9.17) is 15.3 Å². The molecule has 0 atom stereocenters. The van der Waals surface area contributed by atoms with Crippen LogP contribution in [0.4, 0.5) is 5.82 Å². The maximum atomic E-state index is 10.3. The van der Waals surface area contributed by atoms with Crippen LogP contribution in [0.2, 0.25) is 0 Å². The SMILES string of the molecule is COc1cccc(/C(=N\N)c2cc(N3CCOCC3)ncn2)c1O. The standard InChI is InChI=1S/C16H19N5O3/c1-23-13-4-2-3-11(16(13)22)15(20-17)12-9-14(19-10-18-12)21-5-7-24-8-6-21/h2-4,9-10,22H,5-8,17H2,1H3/b20-15+. The lowest BCUT2D eigenvalue weighted by molar-refractivity contribution is 0.122. The third-order valence-corrected chi connectivity index (χ3v) is 3.83. The van der Waals surface area contributed by atoms with Crippen LogP contribution in [0, 0.1) is 0 Å². The number of rotatable bonds is 4. The van der Waals surface area contributed by atoms with E-state index in [0.717, 1.165) is 18.9 Å². The van der Waals surface area contributed by atoms with Gasteiger partial charge in [-0.2, -0.15) is 5.10 Å². The Morgan fingerprint density at radius 2 is 2.12 bits per heavy atom. The number of hydrazone groups is 1. The van der Waals surface area contributed by atoms with E-state index >= 15 is 0 Å². The molecule has 0 bridgehead atoms. The molecule has 126 valence electrons. The Morgan fingerprint density at radius 1 is 1.33 bits per heavy atom. The first kappa shape index (κ1) is 16.0. The normalized spacial score (nSPS) is 15.4. The van der Waals surface area contributed by atoms with Crippen molar-refractivity contribution in [3.8, 4) is 11.5 Å². The number of aromatic hydroxyl groups is 1. The molecule has 8 heteroatoms. The zero-order chi connectivity index (χ0) is 16.9. The van der Waals surface area contributed by atoms with E-state index in [1.165, 1.54) is 13.4 Å². The van der Waals surface area contributed by atoms with Gasteiger partial charge in [0.2, 0.25) is 0 Å². The van der Waals surface area contributed by atoms with Crippen LogP contribution in [-0.2, 0) is 4.74 Å². The molecule has 0 aliphatic carbocycles. The van der Waals surface area contributed by atoms with Crippen LogP contribution in [0.1, 0.15) is 11.3 Å². The number of phenols is 1. The highest BCUT2D eigenvalue weighted by atomic mass is 16.5. The van der Waals surface area contributed by atoms with Crippen molar-refractivity contribution >= 4 is 11.5 Å². The van der Waals surface area contributed by atoms with Crippen LogP contribution in [0.5, 0.6) is 11.5 Å². The Labute approximate surface area is 139 Å². The maximum Gasteiger partial charge on any atom is 0.167 e. The monoisotopic (exact) mass is 329 g/mol. The lowest BCUT2D eigenvalue weighted by atomic mass is 10.1. The van der Waals surface area contributed by atoms with Gasteiger partial charge in [-0.05, 0) is 12.1 Å². The summed E-state index contributed by atoms with van der Waals surface area (Å²) in [7, 11) is 1.49. The lowest BCUT2D eigenvalue weighted by Gasteiger charge is -2.27. The van der Waals surface area contributed by atoms with E-state index in [0.29, 0.717) is 35.9 Å². The number of anilines is 1. The molecular formula is C16H19N5O3. The van der Waals surface area contributed by atoms with E-state index in [-0.39, 0.29) is 5.75 Å². The van der Waals surface area contributed by atoms with Crippen molar-refractivity contribution in [3.63, 3.8) is 0 Å². The number of methoxy groups -OCH3 is 1. The van der Waals surface area contributed by atoms with E-state index in [1.807, 2.05) is 0 Å². The number of benzene rings is 1. The van der Waals surface area contributed by atoms with Crippen molar-refractivity contribution in [1.82, 2.24) is 9.97 Å². The van der Waals surface area contributed by atoms with Crippen LogP contribution in [0.3, 0.4) is 0 Å². The summed E-state index contributed by atoms with van der Waals surface area (Å²) in [6, 6.07) is 6.92. The molecule has 0 saturated carbocycles. The topological polar surface area (TPSA) is 106 Å². The van der Waals surface area contributed by atoms with Gasteiger partial charge >= 0.3 is 0 Å². The predicted molar refractivity (Wildman–Crippen MR) is 89.5 cm³/mol. The van der Waals surface area contributed by atoms with Crippen LogP contribution < -0.4 is 15.5 Å². The quantitative estimate of drug-likeness (QED) is 0.484. The molecule has 1 aromatic heterocycles. The van der Waals surface area contributed by atoms with Gasteiger partial charge in [-0.25, -0.2) is 9.97 Å². The third-order valence-electron chi connectivity index (χ3n) is 3.83. The van der Waals surface area contributed by atoms with Gasteiger partial charge in [0.25, 0.3) is 0 Å². The minimum Gasteiger partial charge on any atom is -0.504 e. The Hall–Kier alpha value is -2.87. The number of nitrogens with zero attached hydrogens (tertiary/aromatic N) is 4. The number of hydrogen-bond donors (Lipinski definition) is 2. The molecule has 3 N–H and O–H groups in total. The summed E-state index contributed by atoms with van der Waals surface area (Å²) in [5, 5.41) is 14.2. The molecular weight excluding hydrogens is 310 g/mol. The molecule has 24 heavy (non-hydrogen) atoms. The first-order chi connectivity index (χ1) is 11.7. The Morgan fingerprint density at radius 3 is 2.83 bits per heavy atom. The van der Waals surface area contributed by atoms with Crippen molar-refractivity contribution in [2.45, 2.75) is 0 Å². The largest absolute Gasteiger partial charge is 0.504 e. The van der Waals surface area contributed by atoms with Crippen LogP contribution in [-0.4, -0.2) is 54.2 Å². The number of morpholine rings is 1. The minimum absolute atomic E-state index is 0.0317. The zero-order valence-electron chi connectivity index (χ0n) is 13.3. The number of nitrogens with two attached hydrogens (primary N) is 1. The predicted octanol–water partition coefficient (Wildman–Crippen LogP) is 0.738. The molecule has 1 saturated heterocycles. The highest BCUT2D eigenvalue weighted by Crippen LogP contribution is 2.31. The molecule has 0 unspecified atom stereocenters. The van der Waals surface area contributed by atoms with E-state index < -0.39 is 0 Å². The van der Waals surface area contributed by atoms with Gasteiger partial charge in [0.05, 0.1) is 26.0 Å². The van der Waals surface area contributed by atoms with Crippen molar-refractivity contribution in [2.24, 2.45) is 10.9 Å². The molecule has 1 fully saturated rings. The average Bonchev–Trinajstić information content (AvgIpc) is 2.65. The molecule has 2 aromatic rings. The summed E-state index contributed by atoms with van der Waals surface area (Å²) in [5.41, 5.74) is 1.34. The molecule has 2 heterocycles. The van der Waals surface area contributed by atoms with E-state index in [2.05, 4.69) is 20.0 Å². The minimum atomic E-state index is -0.0317. The second kappa shape index (κ2) is 7.14. The van der Waals surface area contributed by atoms with E-state index in [1.54, 1.807) is 24.3 Å². The summed E-state index contributed by atoms with van der Waals surface area (Å²) < 4.78 is 10.5. The number of para-hydroxylation sites is 1. The van der Waals surface area contributed by atoms with E-state index in [9.17, 15) is 5.11 Å². The molecule has 1 aliphatic heterocycles. The lowest BCUT2D eigenvalue weighted by Crippen LogP contribution is -2.36. The number of aromatic nitrogens is 2. The second-order valence-electron chi connectivity index (χ2n) is 5.20. The summed E-state index contributed by atoms with van der Waals surface area (Å²) in [5.74, 6) is 6.65. The first-order valence-corrected chi connectivity index (χ1v) is 7.54. The van der Waals surface area contributed by atoms with Gasteiger partial charge in [0.15, 0.2) is 11.5 Å². The molecule has 3 rings (SSSR count). The molecule has 0 spiro atoms. The summed E-state index contributed by atoms with van der Waals surface area (Å²) in [6.45, 7) is 2.84. The summed E-state index contributed by atoms with van der Waals surface area (Å²) in [6.07, 6.45) is 1.46. The van der Waals surface area contributed by atoms with Crippen molar-refractivity contribution in [1.29, 1.82) is 0 Å². The van der Waals surface area contributed by atoms with Crippen molar-refractivity contribution < 1.29 is 14.6 Å². The Kier molecular flexibility index (Phi) is 4.76. The maximum absolute atomic E-state index is 10.3. The smallest absolute Gasteiger partial charge is 0.167 e. The van der Waals surface area contributed by atoms with Gasteiger partial charge in [-0.1, -0.05) is 6.07 Å². The molecule has 1 aromatic carbocycles. The van der Waals surface area contributed by atoms with Crippen LogP contribution in [0.25, 0.3) is 0 Å². The van der Waals surface area contributed by atoms with Gasteiger partial charge in [0.1, 0.15) is 17.9 Å². The fraction of sp³-hybridized carbons (Fsp3) is 0.312. The molecule has 0 radical (unpaired) electrons. The third kappa shape index (κ3) is 3.09. The van der Waals surface area contributed by atoms with Gasteiger partial charge in [-0.3, -0.25) is 0 Å². The number of hydrogen-bond acceptors (Lipinski definition) is 8. The number of ether oxygens (including phenoxy) is 2. The van der Waals surface area contributed by atoms with Gasteiger partial charge in [-0.15, -0.1) is 0 Å². The molecule has 0 amide bonds. The fourth-order valence-electron chi connectivity index (χ4n) is 2.59. The summed E-state index contributed by atoms with van der Waals surface area (Å²) in [4.78, 5) is 10.7. The molecule has 8 nitrogen and oxygen atoms in total. The molecule has 1 aliphatic rings. The second-order valence-corrected chi connectivity index (χ2v) is 5.20. The van der Waals surface area contributed by atoms with Crippen LogP contribution in [0.15, 0.2) is 35.7 Å². The van der Waals surface area contributed by atoms with Crippen molar-refractivity contribution in [2.75, 3.05) is 38.3 Å². The average molecular weight is 329 g/mol. The highest BCUT2D eigenvalue weighted by Gasteiger charge is 2.19. The Balaban J connectivity index is 1.97.